The van der Waals surface area contributed by atoms with Crippen molar-refractivity contribution in [3.63, 3.8) is 0 Å². The highest BCUT2D eigenvalue weighted by atomic mass is 79.9. The zero-order valence-electron chi connectivity index (χ0n) is 10.1. The third-order valence-electron chi connectivity index (χ3n) is 2.51. The minimum Gasteiger partial charge on any atom is -0.399 e. The number of carbonyl (C=O) groups excluding carboxylic acids is 1. The molecule has 1 amide bonds. The molecule has 2 aromatic rings. The Bertz CT molecular complexity index is 646. The van der Waals surface area contributed by atoms with Crippen molar-refractivity contribution in [3.8, 4) is 0 Å². The molecule has 1 aromatic heterocycles. The van der Waals surface area contributed by atoms with Gasteiger partial charge in [-0.25, -0.2) is 9.37 Å². The second-order valence-corrected chi connectivity index (χ2v) is 4.78. The maximum Gasteiger partial charge on any atom is 0.258 e. The standard InChI is InChI=1S/C13H11BrFN3O/c1-7-4-9(6-17-12(7)14)18-13(19)10-3-2-8(16)5-11(10)15/h2-6H,16H2,1H3,(H,18,19). The number of hydrogen-bond donors (Lipinski definition) is 2. The summed E-state index contributed by atoms with van der Waals surface area (Å²) < 4.78 is 14.3. The summed E-state index contributed by atoms with van der Waals surface area (Å²) in [7, 11) is 0. The van der Waals surface area contributed by atoms with Crippen molar-refractivity contribution >= 4 is 33.2 Å². The lowest BCUT2D eigenvalue weighted by Crippen LogP contribution is -2.14. The van der Waals surface area contributed by atoms with Gasteiger partial charge in [0.2, 0.25) is 0 Å². The summed E-state index contributed by atoms with van der Waals surface area (Å²) in [4.78, 5) is 16.0. The fourth-order valence-corrected chi connectivity index (χ4v) is 1.76. The van der Waals surface area contributed by atoms with Gasteiger partial charge in [-0.3, -0.25) is 4.79 Å². The molecule has 2 rings (SSSR count). The van der Waals surface area contributed by atoms with Gasteiger partial charge >= 0.3 is 0 Å². The number of nitrogens with two attached hydrogens (primary N) is 1. The van der Waals surface area contributed by atoms with Crippen LogP contribution in [0, 0.1) is 12.7 Å². The molecule has 0 fully saturated rings. The molecule has 1 heterocycles. The molecule has 3 N–H and O–H groups in total. The minimum atomic E-state index is -0.653. The van der Waals surface area contributed by atoms with Crippen molar-refractivity contribution in [1.29, 1.82) is 0 Å². The van der Waals surface area contributed by atoms with Crippen molar-refractivity contribution in [2.75, 3.05) is 11.1 Å². The van der Waals surface area contributed by atoms with E-state index in [0.29, 0.717) is 10.3 Å². The fraction of sp³-hybridized carbons (Fsp3) is 0.0769. The van der Waals surface area contributed by atoms with Gasteiger partial charge in [-0.15, -0.1) is 0 Å². The van der Waals surface area contributed by atoms with Gasteiger partial charge in [0.15, 0.2) is 0 Å². The SMILES string of the molecule is Cc1cc(NC(=O)c2ccc(N)cc2F)cnc1Br. The summed E-state index contributed by atoms with van der Waals surface area (Å²) in [5, 5.41) is 2.58. The summed E-state index contributed by atoms with van der Waals surface area (Å²) in [6.45, 7) is 1.84. The number of pyridine rings is 1. The molecule has 0 aliphatic carbocycles. The van der Waals surface area contributed by atoms with Gasteiger partial charge in [0.05, 0.1) is 17.4 Å². The first-order chi connectivity index (χ1) is 8.97. The number of benzene rings is 1. The predicted molar refractivity (Wildman–Crippen MR) is 75.4 cm³/mol. The monoisotopic (exact) mass is 323 g/mol. The van der Waals surface area contributed by atoms with Crippen LogP contribution in [0.5, 0.6) is 0 Å². The van der Waals surface area contributed by atoms with Crippen LogP contribution in [0.4, 0.5) is 15.8 Å². The highest BCUT2D eigenvalue weighted by molar-refractivity contribution is 9.10. The van der Waals surface area contributed by atoms with E-state index in [9.17, 15) is 9.18 Å². The Balaban J connectivity index is 2.23. The summed E-state index contributed by atoms with van der Waals surface area (Å²) in [6.07, 6.45) is 1.49. The van der Waals surface area contributed by atoms with E-state index in [-0.39, 0.29) is 11.3 Å². The molecule has 0 aliphatic rings. The van der Waals surface area contributed by atoms with E-state index < -0.39 is 11.7 Å². The van der Waals surface area contributed by atoms with Crippen LogP contribution in [-0.4, -0.2) is 10.9 Å². The van der Waals surface area contributed by atoms with E-state index in [4.69, 9.17) is 5.73 Å². The molecule has 0 spiro atoms. The molecule has 0 atom stereocenters. The first-order valence-electron chi connectivity index (χ1n) is 5.46. The Morgan fingerprint density at radius 2 is 2.16 bits per heavy atom. The number of aryl methyl sites for hydroxylation is 1. The third kappa shape index (κ3) is 3.08. The molecule has 6 heteroatoms. The normalized spacial score (nSPS) is 10.3. The van der Waals surface area contributed by atoms with Crippen LogP contribution in [0.15, 0.2) is 35.1 Å². The number of aromatic nitrogens is 1. The van der Waals surface area contributed by atoms with Gasteiger partial charge in [0, 0.05) is 5.69 Å². The molecular weight excluding hydrogens is 313 g/mol. The molecule has 0 unspecified atom stereocenters. The number of anilines is 2. The molecule has 0 radical (unpaired) electrons. The van der Waals surface area contributed by atoms with Crippen LogP contribution in [0.25, 0.3) is 0 Å². The topological polar surface area (TPSA) is 68.0 Å². The average molecular weight is 324 g/mol. The molecular formula is C13H11BrFN3O. The number of rotatable bonds is 2. The van der Waals surface area contributed by atoms with E-state index in [1.165, 1.54) is 18.3 Å². The second kappa shape index (κ2) is 5.36. The van der Waals surface area contributed by atoms with Gasteiger partial charge in [-0.1, -0.05) is 0 Å². The van der Waals surface area contributed by atoms with E-state index in [0.717, 1.165) is 11.6 Å². The Hall–Kier alpha value is -1.95. The van der Waals surface area contributed by atoms with Crippen LogP contribution in [0.1, 0.15) is 15.9 Å². The maximum atomic E-state index is 13.6. The molecule has 0 aliphatic heterocycles. The van der Waals surface area contributed by atoms with Crippen molar-refractivity contribution in [2.45, 2.75) is 6.92 Å². The Kier molecular flexibility index (Phi) is 3.80. The summed E-state index contributed by atoms with van der Waals surface area (Å²) in [5.41, 5.74) is 7.02. The van der Waals surface area contributed by atoms with Gasteiger partial charge in [0.25, 0.3) is 5.91 Å². The summed E-state index contributed by atoms with van der Waals surface area (Å²) >= 11 is 3.26. The van der Waals surface area contributed by atoms with Crippen molar-refractivity contribution in [3.05, 3.63) is 52.0 Å². The lowest BCUT2D eigenvalue weighted by atomic mass is 10.1. The molecule has 0 saturated carbocycles. The number of nitrogens with zero attached hydrogens (tertiary/aromatic N) is 1. The Labute approximate surface area is 118 Å². The first kappa shape index (κ1) is 13.5. The molecule has 1 aromatic carbocycles. The van der Waals surface area contributed by atoms with Crippen molar-refractivity contribution in [1.82, 2.24) is 4.98 Å². The number of nitrogen functional groups attached to an aromatic ring is 1. The van der Waals surface area contributed by atoms with Gasteiger partial charge in [-0.05, 0) is 52.7 Å². The number of nitrogens with one attached hydrogen (secondary N) is 1. The van der Waals surface area contributed by atoms with Crippen LogP contribution in [0.2, 0.25) is 0 Å². The van der Waals surface area contributed by atoms with E-state index in [1.807, 2.05) is 6.92 Å². The minimum absolute atomic E-state index is 0.0604. The van der Waals surface area contributed by atoms with E-state index in [2.05, 4.69) is 26.2 Å². The largest absolute Gasteiger partial charge is 0.399 e. The van der Waals surface area contributed by atoms with Crippen molar-refractivity contribution in [2.24, 2.45) is 0 Å². The lowest BCUT2D eigenvalue weighted by Gasteiger charge is -2.07. The lowest BCUT2D eigenvalue weighted by molar-refractivity contribution is 0.102. The molecule has 0 saturated heterocycles. The highest BCUT2D eigenvalue weighted by Gasteiger charge is 2.12. The molecule has 0 bridgehead atoms. The zero-order chi connectivity index (χ0) is 14.0. The number of hydrogen-bond acceptors (Lipinski definition) is 3. The summed E-state index contributed by atoms with van der Waals surface area (Å²) in [6, 6.07) is 5.67. The molecule has 98 valence electrons. The second-order valence-electron chi connectivity index (χ2n) is 4.03. The van der Waals surface area contributed by atoms with Gasteiger partial charge in [-0.2, -0.15) is 0 Å². The van der Waals surface area contributed by atoms with Crippen LogP contribution >= 0.6 is 15.9 Å². The van der Waals surface area contributed by atoms with Gasteiger partial charge < -0.3 is 11.1 Å². The first-order valence-corrected chi connectivity index (χ1v) is 6.25. The van der Waals surface area contributed by atoms with E-state index in [1.54, 1.807) is 6.07 Å². The smallest absolute Gasteiger partial charge is 0.258 e. The molecule has 4 nitrogen and oxygen atoms in total. The van der Waals surface area contributed by atoms with Crippen LogP contribution in [-0.2, 0) is 0 Å². The highest BCUT2D eigenvalue weighted by Crippen LogP contribution is 2.18. The quantitative estimate of drug-likeness (QED) is 0.659. The maximum absolute atomic E-state index is 13.6. The summed E-state index contributed by atoms with van der Waals surface area (Å²) in [5.74, 6) is -1.19. The van der Waals surface area contributed by atoms with Crippen LogP contribution < -0.4 is 11.1 Å². The van der Waals surface area contributed by atoms with Crippen LogP contribution in [0.3, 0.4) is 0 Å². The third-order valence-corrected chi connectivity index (χ3v) is 3.34. The number of halogens is 2. The Morgan fingerprint density at radius 1 is 1.42 bits per heavy atom. The number of carbonyl (C=O) groups is 1. The fourth-order valence-electron chi connectivity index (χ4n) is 1.54. The van der Waals surface area contributed by atoms with Crippen molar-refractivity contribution < 1.29 is 9.18 Å². The zero-order valence-corrected chi connectivity index (χ0v) is 11.7. The van der Waals surface area contributed by atoms with E-state index >= 15 is 0 Å². The predicted octanol–water partition coefficient (Wildman–Crippen LogP) is 3.13. The Morgan fingerprint density at radius 3 is 2.79 bits per heavy atom. The average Bonchev–Trinajstić information content (AvgIpc) is 2.33. The number of amides is 1. The molecule has 19 heavy (non-hydrogen) atoms. The van der Waals surface area contributed by atoms with Gasteiger partial charge in [0.1, 0.15) is 10.4 Å².